The molecule has 1 aliphatic rings. The summed E-state index contributed by atoms with van der Waals surface area (Å²) in [6.07, 6.45) is 3.72. The van der Waals surface area contributed by atoms with Crippen molar-refractivity contribution >= 4 is 23.1 Å². The second-order valence-corrected chi connectivity index (χ2v) is 7.44. The van der Waals surface area contributed by atoms with Gasteiger partial charge >= 0.3 is 0 Å². The first-order valence-corrected chi connectivity index (χ1v) is 9.12. The predicted molar refractivity (Wildman–Crippen MR) is 103 cm³/mol. The molecule has 4 heteroatoms. The average molecular weight is 337 g/mol. The molecular formula is C21H27N3O. The molecule has 0 saturated heterocycles. The van der Waals surface area contributed by atoms with Gasteiger partial charge in [0, 0.05) is 11.6 Å². The lowest BCUT2D eigenvalue weighted by Crippen LogP contribution is -2.13. The second-order valence-electron chi connectivity index (χ2n) is 7.44. The Morgan fingerprint density at radius 3 is 2.16 bits per heavy atom. The molecule has 1 heterocycles. The summed E-state index contributed by atoms with van der Waals surface area (Å²) in [5.41, 5.74) is 4.48. The number of aromatic nitrogens is 1. The van der Waals surface area contributed by atoms with Crippen LogP contribution >= 0.6 is 0 Å². The van der Waals surface area contributed by atoms with Gasteiger partial charge in [-0.1, -0.05) is 45.9 Å². The first-order valence-electron chi connectivity index (χ1n) is 9.12. The number of carbonyl (C=O) groups is 1. The predicted octanol–water partition coefficient (Wildman–Crippen LogP) is 5.42. The highest BCUT2D eigenvalue weighted by atomic mass is 16.2. The minimum absolute atomic E-state index is 0.106. The molecule has 1 amide bonds. The Hall–Kier alpha value is -2.36. The van der Waals surface area contributed by atoms with Crippen LogP contribution in [-0.4, -0.2) is 10.9 Å². The van der Waals surface area contributed by atoms with Gasteiger partial charge in [-0.05, 0) is 47.9 Å². The van der Waals surface area contributed by atoms with E-state index in [1.54, 1.807) is 6.20 Å². The number of carbonyl (C=O) groups excluding carboxylic acids is 1. The van der Waals surface area contributed by atoms with Crippen LogP contribution in [0.1, 0.15) is 63.5 Å². The number of hydrogen-bond acceptors (Lipinski definition) is 3. The van der Waals surface area contributed by atoms with E-state index in [0.717, 1.165) is 30.0 Å². The Bertz CT molecular complexity index is 720. The normalized spacial score (nSPS) is 14.0. The highest BCUT2D eigenvalue weighted by Gasteiger charge is 2.29. The third kappa shape index (κ3) is 4.19. The van der Waals surface area contributed by atoms with E-state index in [1.807, 2.05) is 12.1 Å². The zero-order chi connectivity index (χ0) is 18.0. The van der Waals surface area contributed by atoms with Crippen LogP contribution in [0.5, 0.6) is 0 Å². The largest absolute Gasteiger partial charge is 0.340 e. The molecule has 0 bridgehead atoms. The summed E-state index contributed by atoms with van der Waals surface area (Å²) in [4.78, 5) is 16.3. The lowest BCUT2D eigenvalue weighted by Gasteiger charge is -2.20. The zero-order valence-corrected chi connectivity index (χ0v) is 15.5. The van der Waals surface area contributed by atoms with Crippen LogP contribution in [0.15, 0.2) is 36.5 Å². The molecule has 0 spiro atoms. The molecule has 2 aromatic rings. The van der Waals surface area contributed by atoms with Gasteiger partial charge in [-0.2, -0.15) is 0 Å². The fraction of sp³-hybridized carbons (Fsp3) is 0.429. The maximum absolute atomic E-state index is 11.8. The molecule has 1 aromatic carbocycles. The molecule has 0 radical (unpaired) electrons. The van der Waals surface area contributed by atoms with Crippen molar-refractivity contribution in [2.75, 3.05) is 10.6 Å². The van der Waals surface area contributed by atoms with Crippen molar-refractivity contribution in [1.29, 1.82) is 0 Å². The summed E-state index contributed by atoms with van der Waals surface area (Å²) in [5.74, 6) is 1.95. The van der Waals surface area contributed by atoms with Gasteiger partial charge < -0.3 is 10.6 Å². The van der Waals surface area contributed by atoms with Crippen LogP contribution in [0.3, 0.4) is 0 Å². The van der Waals surface area contributed by atoms with Crippen LogP contribution in [0.2, 0.25) is 0 Å². The van der Waals surface area contributed by atoms with Crippen LogP contribution in [0, 0.1) is 5.92 Å². The monoisotopic (exact) mass is 337 g/mol. The number of nitrogens with zero attached hydrogens (tertiary/aromatic N) is 1. The summed E-state index contributed by atoms with van der Waals surface area (Å²) in [7, 11) is 0. The summed E-state index contributed by atoms with van der Waals surface area (Å²) >= 11 is 0. The number of rotatable bonds is 6. The van der Waals surface area contributed by atoms with Crippen molar-refractivity contribution in [2.24, 2.45) is 5.92 Å². The lowest BCUT2D eigenvalue weighted by molar-refractivity contribution is -0.117. The summed E-state index contributed by atoms with van der Waals surface area (Å²) < 4.78 is 0. The van der Waals surface area contributed by atoms with Gasteiger partial charge in [0.1, 0.15) is 5.82 Å². The van der Waals surface area contributed by atoms with Crippen LogP contribution in [0.25, 0.3) is 0 Å². The number of pyridine rings is 1. The molecule has 1 saturated carbocycles. The lowest BCUT2D eigenvalue weighted by atomic mass is 9.92. The van der Waals surface area contributed by atoms with Crippen LogP contribution in [-0.2, 0) is 4.79 Å². The van der Waals surface area contributed by atoms with Gasteiger partial charge in [0.25, 0.3) is 0 Å². The average Bonchev–Trinajstić information content (AvgIpc) is 3.41. The zero-order valence-electron chi connectivity index (χ0n) is 15.5. The van der Waals surface area contributed by atoms with Gasteiger partial charge in [0.15, 0.2) is 0 Å². The molecule has 1 aromatic heterocycles. The van der Waals surface area contributed by atoms with E-state index in [4.69, 9.17) is 0 Å². The second kappa shape index (κ2) is 7.26. The molecule has 25 heavy (non-hydrogen) atoms. The first-order chi connectivity index (χ1) is 12.0. The molecule has 1 fully saturated rings. The maximum atomic E-state index is 11.8. The van der Waals surface area contributed by atoms with Crippen molar-refractivity contribution in [3.63, 3.8) is 0 Å². The van der Waals surface area contributed by atoms with Crippen LogP contribution < -0.4 is 10.6 Å². The number of nitrogens with one attached hydrogen (secondary N) is 2. The minimum atomic E-state index is 0.106. The molecule has 0 atom stereocenters. The topological polar surface area (TPSA) is 54.0 Å². The van der Waals surface area contributed by atoms with Gasteiger partial charge in [-0.3, -0.25) is 4.79 Å². The number of hydrogen-bond donors (Lipinski definition) is 2. The summed E-state index contributed by atoms with van der Waals surface area (Å²) in [6.45, 7) is 8.81. The van der Waals surface area contributed by atoms with Crippen molar-refractivity contribution in [3.05, 3.63) is 47.7 Å². The van der Waals surface area contributed by atoms with E-state index in [9.17, 15) is 4.79 Å². The molecule has 3 rings (SSSR count). The quantitative estimate of drug-likeness (QED) is 0.740. The van der Waals surface area contributed by atoms with E-state index >= 15 is 0 Å². The molecule has 1 aliphatic carbocycles. The van der Waals surface area contributed by atoms with Crippen molar-refractivity contribution in [2.45, 2.75) is 52.4 Å². The van der Waals surface area contributed by atoms with Crippen molar-refractivity contribution in [1.82, 2.24) is 4.98 Å². The smallest absolute Gasteiger partial charge is 0.227 e. The minimum Gasteiger partial charge on any atom is -0.340 e. The summed E-state index contributed by atoms with van der Waals surface area (Å²) in [6, 6.07) is 10.3. The van der Waals surface area contributed by atoms with E-state index in [-0.39, 0.29) is 11.8 Å². The number of para-hydroxylation sites is 1. The number of amides is 1. The Morgan fingerprint density at radius 2 is 1.68 bits per heavy atom. The fourth-order valence-electron chi connectivity index (χ4n) is 2.96. The summed E-state index contributed by atoms with van der Waals surface area (Å²) in [5, 5.41) is 6.42. The van der Waals surface area contributed by atoms with Crippen LogP contribution in [0.4, 0.5) is 17.2 Å². The number of benzene rings is 1. The third-order valence-corrected chi connectivity index (χ3v) is 4.61. The molecule has 2 N–H and O–H groups in total. The maximum Gasteiger partial charge on any atom is 0.227 e. The molecule has 132 valence electrons. The highest BCUT2D eigenvalue weighted by molar-refractivity contribution is 5.93. The Morgan fingerprint density at radius 1 is 1.04 bits per heavy atom. The van der Waals surface area contributed by atoms with Crippen molar-refractivity contribution in [3.8, 4) is 0 Å². The van der Waals surface area contributed by atoms with E-state index in [0.29, 0.717) is 11.8 Å². The number of anilines is 3. The highest BCUT2D eigenvalue weighted by Crippen LogP contribution is 2.34. The van der Waals surface area contributed by atoms with E-state index in [1.165, 1.54) is 11.1 Å². The SMILES string of the molecule is CC(C)c1cccc(C(C)C)c1Nc1ccc(NC(=O)C2CC2)cn1. The van der Waals surface area contributed by atoms with E-state index < -0.39 is 0 Å². The van der Waals surface area contributed by atoms with E-state index in [2.05, 4.69) is 61.5 Å². The third-order valence-electron chi connectivity index (χ3n) is 4.61. The fourth-order valence-corrected chi connectivity index (χ4v) is 2.96. The van der Waals surface area contributed by atoms with Gasteiger partial charge in [-0.15, -0.1) is 0 Å². The molecule has 4 nitrogen and oxygen atoms in total. The Balaban J connectivity index is 1.80. The van der Waals surface area contributed by atoms with Gasteiger partial charge in [-0.25, -0.2) is 4.98 Å². The van der Waals surface area contributed by atoms with Gasteiger partial charge in [0.05, 0.1) is 11.9 Å². The Labute approximate surface area is 150 Å². The molecular weight excluding hydrogens is 310 g/mol. The molecule has 0 unspecified atom stereocenters. The van der Waals surface area contributed by atoms with Gasteiger partial charge in [0.2, 0.25) is 5.91 Å². The molecule has 0 aliphatic heterocycles. The Kier molecular flexibility index (Phi) is 5.07. The standard InChI is InChI=1S/C21H27N3O/c1-13(2)17-6-5-7-18(14(3)4)20(17)24-19-11-10-16(12-22-19)23-21(25)15-8-9-15/h5-7,10-15H,8-9H2,1-4H3,(H,22,24)(H,23,25). The van der Waals surface area contributed by atoms with Crippen molar-refractivity contribution < 1.29 is 4.79 Å². The first kappa shape index (κ1) is 17.5.